The van der Waals surface area contributed by atoms with Crippen LogP contribution in [0.1, 0.15) is 20.3 Å². The third-order valence-corrected chi connectivity index (χ3v) is 2.83. The van der Waals surface area contributed by atoms with Gasteiger partial charge < -0.3 is 9.84 Å². The standard InChI is InChI=1S/C10H10N2O2S/c1-6-5-9(12-14-6)11-10(13)8-4-3-7(2)15-8/h3-5H,1-2H3,(H,11,12,13). The maximum atomic E-state index is 11.7. The van der Waals surface area contributed by atoms with Crippen LogP contribution >= 0.6 is 11.3 Å². The number of amides is 1. The fourth-order valence-corrected chi connectivity index (χ4v) is 1.92. The van der Waals surface area contributed by atoms with Crippen molar-refractivity contribution in [3.63, 3.8) is 0 Å². The second-order valence-corrected chi connectivity index (χ2v) is 4.48. The van der Waals surface area contributed by atoms with E-state index in [1.807, 2.05) is 13.0 Å². The van der Waals surface area contributed by atoms with Crippen LogP contribution in [0.25, 0.3) is 0 Å². The van der Waals surface area contributed by atoms with Crippen LogP contribution in [0.5, 0.6) is 0 Å². The van der Waals surface area contributed by atoms with Gasteiger partial charge in [-0.05, 0) is 26.0 Å². The van der Waals surface area contributed by atoms with Crippen molar-refractivity contribution in [2.45, 2.75) is 13.8 Å². The summed E-state index contributed by atoms with van der Waals surface area (Å²) in [5.74, 6) is 0.970. The Kier molecular flexibility index (Phi) is 2.55. The molecule has 2 rings (SSSR count). The van der Waals surface area contributed by atoms with Gasteiger partial charge in [-0.1, -0.05) is 5.16 Å². The highest BCUT2D eigenvalue weighted by molar-refractivity contribution is 7.14. The number of nitrogens with zero attached hydrogens (tertiary/aromatic N) is 1. The number of nitrogens with one attached hydrogen (secondary N) is 1. The number of carbonyl (C=O) groups excluding carboxylic acids is 1. The lowest BCUT2D eigenvalue weighted by Gasteiger charge is -1.96. The number of hydrogen-bond acceptors (Lipinski definition) is 4. The fourth-order valence-electron chi connectivity index (χ4n) is 1.16. The van der Waals surface area contributed by atoms with Crippen LogP contribution in [0, 0.1) is 13.8 Å². The van der Waals surface area contributed by atoms with Crippen molar-refractivity contribution in [1.29, 1.82) is 0 Å². The van der Waals surface area contributed by atoms with Gasteiger partial charge in [0, 0.05) is 10.9 Å². The van der Waals surface area contributed by atoms with Crippen LogP contribution in [0.15, 0.2) is 22.7 Å². The van der Waals surface area contributed by atoms with Gasteiger partial charge in [0.05, 0.1) is 4.88 Å². The minimum Gasteiger partial charge on any atom is -0.360 e. The van der Waals surface area contributed by atoms with Gasteiger partial charge in [-0.15, -0.1) is 11.3 Å². The zero-order valence-electron chi connectivity index (χ0n) is 8.40. The Morgan fingerprint density at radius 1 is 1.47 bits per heavy atom. The predicted molar refractivity (Wildman–Crippen MR) is 58.2 cm³/mol. The maximum Gasteiger partial charge on any atom is 0.266 e. The Labute approximate surface area is 90.9 Å². The van der Waals surface area contributed by atoms with Crippen molar-refractivity contribution in [2.24, 2.45) is 0 Å². The quantitative estimate of drug-likeness (QED) is 0.849. The lowest BCUT2D eigenvalue weighted by atomic mass is 10.4. The van der Waals surface area contributed by atoms with E-state index in [9.17, 15) is 4.79 Å². The fraction of sp³-hybridized carbons (Fsp3) is 0.200. The van der Waals surface area contributed by atoms with E-state index in [1.54, 1.807) is 19.1 Å². The van der Waals surface area contributed by atoms with E-state index in [0.717, 1.165) is 4.88 Å². The molecule has 0 aromatic carbocycles. The first-order valence-corrected chi connectivity index (χ1v) is 5.28. The first-order chi connectivity index (χ1) is 7.15. The highest BCUT2D eigenvalue weighted by Gasteiger charge is 2.10. The molecule has 0 atom stereocenters. The average Bonchev–Trinajstić information content (AvgIpc) is 2.75. The summed E-state index contributed by atoms with van der Waals surface area (Å²) in [6, 6.07) is 5.38. The molecule has 78 valence electrons. The largest absolute Gasteiger partial charge is 0.360 e. The summed E-state index contributed by atoms with van der Waals surface area (Å²) in [6.07, 6.45) is 0. The van der Waals surface area contributed by atoms with Crippen molar-refractivity contribution in [1.82, 2.24) is 5.16 Å². The minimum atomic E-state index is -0.151. The number of aryl methyl sites for hydroxylation is 2. The van der Waals surface area contributed by atoms with Gasteiger partial charge in [-0.2, -0.15) is 0 Å². The van der Waals surface area contributed by atoms with Gasteiger partial charge in [-0.25, -0.2) is 0 Å². The highest BCUT2D eigenvalue weighted by Crippen LogP contribution is 2.17. The molecule has 0 aliphatic carbocycles. The summed E-state index contributed by atoms with van der Waals surface area (Å²) in [7, 11) is 0. The molecule has 0 aliphatic heterocycles. The van der Waals surface area contributed by atoms with Crippen LogP contribution in [0.3, 0.4) is 0 Å². The molecule has 0 aliphatic rings. The van der Waals surface area contributed by atoms with Gasteiger partial charge in [0.1, 0.15) is 5.76 Å². The van der Waals surface area contributed by atoms with Crippen LogP contribution in [-0.4, -0.2) is 11.1 Å². The van der Waals surface area contributed by atoms with Crippen molar-refractivity contribution in [3.8, 4) is 0 Å². The minimum absolute atomic E-state index is 0.151. The molecule has 0 fully saturated rings. The summed E-state index contributed by atoms with van der Waals surface area (Å²) >= 11 is 1.45. The molecule has 0 bridgehead atoms. The topological polar surface area (TPSA) is 55.1 Å². The predicted octanol–water partition coefficient (Wildman–Crippen LogP) is 2.61. The Bertz CT molecular complexity index is 487. The molecule has 0 spiro atoms. The molecular weight excluding hydrogens is 212 g/mol. The van der Waals surface area contributed by atoms with E-state index in [0.29, 0.717) is 16.5 Å². The van der Waals surface area contributed by atoms with Gasteiger partial charge in [0.25, 0.3) is 5.91 Å². The molecule has 4 nitrogen and oxygen atoms in total. The van der Waals surface area contributed by atoms with Crippen LogP contribution in [0.4, 0.5) is 5.82 Å². The van der Waals surface area contributed by atoms with Crippen molar-refractivity contribution in [3.05, 3.63) is 33.7 Å². The number of anilines is 1. The summed E-state index contributed by atoms with van der Waals surface area (Å²) in [5, 5.41) is 6.34. The third-order valence-electron chi connectivity index (χ3n) is 1.83. The molecule has 0 saturated carbocycles. The van der Waals surface area contributed by atoms with Crippen molar-refractivity contribution < 1.29 is 9.32 Å². The molecule has 1 amide bonds. The highest BCUT2D eigenvalue weighted by atomic mass is 32.1. The van der Waals surface area contributed by atoms with E-state index < -0.39 is 0 Å². The first-order valence-electron chi connectivity index (χ1n) is 4.46. The summed E-state index contributed by atoms with van der Waals surface area (Å²) in [6.45, 7) is 3.74. The van der Waals surface area contributed by atoms with Crippen LogP contribution in [0.2, 0.25) is 0 Å². The summed E-state index contributed by atoms with van der Waals surface area (Å²) < 4.78 is 4.85. The van der Waals surface area contributed by atoms with Gasteiger partial charge in [0.15, 0.2) is 5.82 Å². The number of thiophene rings is 1. The molecule has 15 heavy (non-hydrogen) atoms. The molecule has 2 heterocycles. The molecule has 0 radical (unpaired) electrons. The Balaban J connectivity index is 2.10. The van der Waals surface area contributed by atoms with E-state index in [2.05, 4.69) is 10.5 Å². The van der Waals surface area contributed by atoms with E-state index in [4.69, 9.17) is 4.52 Å². The number of aromatic nitrogens is 1. The van der Waals surface area contributed by atoms with E-state index in [-0.39, 0.29) is 5.91 Å². The Morgan fingerprint density at radius 2 is 2.27 bits per heavy atom. The van der Waals surface area contributed by atoms with Crippen molar-refractivity contribution in [2.75, 3.05) is 5.32 Å². The SMILES string of the molecule is Cc1cc(NC(=O)c2ccc(C)s2)no1. The van der Waals surface area contributed by atoms with Gasteiger partial charge in [-0.3, -0.25) is 4.79 Å². The van der Waals surface area contributed by atoms with Gasteiger partial charge >= 0.3 is 0 Å². The summed E-state index contributed by atoms with van der Waals surface area (Å²) in [5.41, 5.74) is 0. The monoisotopic (exact) mass is 222 g/mol. The molecule has 0 unspecified atom stereocenters. The lowest BCUT2D eigenvalue weighted by Crippen LogP contribution is -2.10. The molecule has 5 heteroatoms. The molecule has 1 N–H and O–H groups in total. The zero-order chi connectivity index (χ0) is 10.8. The zero-order valence-corrected chi connectivity index (χ0v) is 9.22. The number of rotatable bonds is 2. The van der Waals surface area contributed by atoms with Crippen molar-refractivity contribution >= 4 is 23.1 Å². The van der Waals surface area contributed by atoms with E-state index >= 15 is 0 Å². The normalized spacial score (nSPS) is 10.3. The van der Waals surface area contributed by atoms with Gasteiger partial charge in [0.2, 0.25) is 0 Å². The number of hydrogen-bond donors (Lipinski definition) is 1. The Hall–Kier alpha value is -1.62. The maximum absolute atomic E-state index is 11.7. The first kappa shape index (κ1) is 9.92. The second kappa shape index (κ2) is 3.86. The molecule has 0 saturated heterocycles. The summed E-state index contributed by atoms with van der Waals surface area (Å²) in [4.78, 5) is 13.4. The smallest absolute Gasteiger partial charge is 0.266 e. The molecule has 2 aromatic rings. The van der Waals surface area contributed by atoms with Crippen LogP contribution in [-0.2, 0) is 0 Å². The van der Waals surface area contributed by atoms with Crippen LogP contribution < -0.4 is 5.32 Å². The van der Waals surface area contributed by atoms with E-state index in [1.165, 1.54) is 11.3 Å². The lowest BCUT2D eigenvalue weighted by molar-refractivity contribution is 0.102. The number of carbonyl (C=O) groups is 1. The molecule has 2 aromatic heterocycles. The third kappa shape index (κ3) is 2.24. The average molecular weight is 222 g/mol. The molecular formula is C10H10N2O2S. The Morgan fingerprint density at radius 3 is 2.80 bits per heavy atom. The second-order valence-electron chi connectivity index (χ2n) is 3.19.